The predicted molar refractivity (Wildman–Crippen MR) is 69.8 cm³/mol. The van der Waals surface area contributed by atoms with Crippen molar-refractivity contribution in [3.8, 4) is 11.3 Å². The van der Waals surface area contributed by atoms with Gasteiger partial charge in [-0.05, 0) is 18.2 Å². The predicted octanol–water partition coefficient (Wildman–Crippen LogP) is 2.77. The van der Waals surface area contributed by atoms with Gasteiger partial charge in [0.15, 0.2) is 0 Å². The minimum absolute atomic E-state index is 0.0720. The second-order valence-corrected chi connectivity index (χ2v) is 4.28. The lowest BCUT2D eigenvalue weighted by Gasteiger charge is -2.08. The van der Waals surface area contributed by atoms with E-state index < -0.39 is 28.3 Å². The zero-order chi connectivity index (χ0) is 16.5. The van der Waals surface area contributed by atoms with Crippen molar-refractivity contribution < 1.29 is 22.9 Å². The molecule has 114 valence electrons. The highest BCUT2D eigenvalue weighted by atomic mass is 19.4. The molecular formula is C13H8F3N3O3. The first-order valence-electron chi connectivity index (χ1n) is 5.82. The molecule has 0 spiro atoms. The standard InChI is InChI=1S/C13H8F3N3O3/c14-13(15,16)8-3-4-18-10(6-8)7-1-2-9(12(17)20)11(5-7)19(21)22/h1-6H,(H2,17,20). The number of nitro groups is 1. The zero-order valence-corrected chi connectivity index (χ0v) is 10.8. The highest BCUT2D eigenvalue weighted by molar-refractivity contribution is 5.97. The zero-order valence-electron chi connectivity index (χ0n) is 10.8. The third-order valence-corrected chi connectivity index (χ3v) is 2.84. The fourth-order valence-electron chi connectivity index (χ4n) is 1.82. The SMILES string of the molecule is NC(=O)c1ccc(-c2cc(C(F)(F)F)ccn2)cc1[N+](=O)[O-]. The highest BCUT2D eigenvalue weighted by Crippen LogP contribution is 2.32. The Morgan fingerprint density at radius 1 is 1.23 bits per heavy atom. The third kappa shape index (κ3) is 3.03. The molecule has 0 unspecified atom stereocenters. The van der Waals surface area contributed by atoms with Crippen LogP contribution in [0.5, 0.6) is 0 Å². The van der Waals surface area contributed by atoms with Crippen molar-refractivity contribution in [1.29, 1.82) is 0 Å². The Labute approximate surface area is 121 Å². The number of nitrogens with two attached hydrogens (primary N) is 1. The van der Waals surface area contributed by atoms with Crippen LogP contribution in [0, 0.1) is 10.1 Å². The van der Waals surface area contributed by atoms with Crippen LogP contribution in [-0.2, 0) is 6.18 Å². The number of pyridine rings is 1. The number of hydrogen-bond donors (Lipinski definition) is 1. The van der Waals surface area contributed by atoms with E-state index in [9.17, 15) is 28.1 Å². The van der Waals surface area contributed by atoms with Gasteiger partial charge in [0.1, 0.15) is 5.56 Å². The Hall–Kier alpha value is -2.97. The first-order chi connectivity index (χ1) is 10.2. The summed E-state index contributed by atoms with van der Waals surface area (Å²) in [4.78, 5) is 25.0. The molecule has 1 aromatic carbocycles. The van der Waals surface area contributed by atoms with Crippen LogP contribution in [0.2, 0.25) is 0 Å². The minimum atomic E-state index is -4.56. The van der Waals surface area contributed by atoms with Crippen LogP contribution in [0.4, 0.5) is 18.9 Å². The lowest BCUT2D eigenvalue weighted by Crippen LogP contribution is -2.13. The first kappa shape index (κ1) is 15.4. The van der Waals surface area contributed by atoms with Gasteiger partial charge in [0.2, 0.25) is 0 Å². The van der Waals surface area contributed by atoms with E-state index in [2.05, 4.69) is 4.98 Å². The van der Waals surface area contributed by atoms with Crippen LogP contribution in [0.15, 0.2) is 36.5 Å². The van der Waals surface area contributed by atoms with Crippen molar-refractivity contribution in [3.63, 3.8) is 0 Å². The molecule has 0 bridgehead atoms. The summed E-state index contributed by atoms with van der Waals surface area (Å²) in [5, 5.41) is 10.9. The van der Waals surface area contributed by atoms with Gasteiger partial charge in [0, 0.05) is 17.8 Å². The van der Waals surface area contributed by atoms with Crippen LogP contribution in [0.1, 0.15) is 15.9 Å². The summed E-state index contributed by atoms with van der Waals surface area (Å²) in [7, 11) is 0. The molecule has 0 saturated heterocycles. The largest absolute Gasteiger partial charge is 0.416 e. The van der Waals surface area contributed by atoms with E-state index in [1.807, 2.05) is 0 Å². The fourth-order valence-corrected chi connectivity index (χ4v) is 1.82. The number of alkyl halides is 3. The quantitative estimate of drug-likeness (QED) is 0.696. The van der Waals surface area contributed by atoms with Crippen molar-refractivity contribution in [2.75, 3.05) is 0 Å². The molecule has 0 aliphatic rings. The van der Waals surface area contributed by atoms with Gasteiger partial charge in [0.05, 0.1) is 16.2 Å². The summed E-state index contributed by atoms with van der Waals surface area (Å²) in [5.74, 6) is -1.00. The Morgan fingerprint density at radius 2 is 1.91 bits per heavy atom. The van der Waals surface area contributed by atoms with Gasteiger partial charge in [-0.25, -0.2) is 0 Å². The number of benzene rings is 1. The van der Waals surface area contributed by atoms with E-state index in [1.165, 1.54) is 6.07 Å². The molecule has 2 aromatic rings. The topological polar surface area (TPSA) is 99.1 Å². The summed E-state index contributed by atoms with van der Waals surface area (Å²) in [6, 6.07) is 4.84. The smallest absolute Gasteiger partial charge is 0.365 e. The molecule has 1 aromatic heterocycles. The maximum Gasteiger partial charge on any atom is 0.416 e. The van der Waals surface area contributed by atoms with E-state index in [1.54, 1.807) is 0 Å². The summed E-state index contributed by atoms with van der Waals surface area (Å²) < 4.78 is 38.0. The molecule has 0 aliphatic carbocycles. The van der Waals surface area contributed by atoms with E-state index in [-0.39, 0.29) is 16.8 Å². The number of nitro benzene ring substituents is 1. The van der Waals surface area contributed by atoms with Gasteiger partial charge in [0.25, 0.3) is 11.6 Å². The number of primary amides is 1. The summed E-state index contributed by atoms with van der Waals surface area (Å²) in [6.45, 7) is 0. The number of hydrogen-bond acceptors (Lipinski definition) is 4. The average molecular weight is 311 g/mol. The Kier molecular flexibility index (Phi) is 3.81. The van der Waals surface area contributed by atoms with Crippen LogP contribution in [0.3, 0.4) is 0 Å². The molecule has 9 heteroatoms. The number of halogens is 3. The molecule has 0 aliphatic heterocycles. The van der Waals surface area contributed by atoms with E-state index in [4.69, 9.17) is 5.73 Å². The maximum atomic E-state index is 12.7. The number of rotatable bonds is 3. The molecule has 0 atom stereocenters. The van der Waals surface area contributed by atoms with E-state index in [0.717, 1.165) is 30.5 Å². The van der Waals surface area contributed by atoms with Gasteiger partial charge in [-0.15, -0.1) is 0 Å². The van der Waals surface area contributed by atoms with Crippen molar-refractivity contribution in [2.24, 2.45) is 5.73 Å². The molecular weight excluding hydrogens is 303 g/mol. The molecule has 0 fully saturated rings. The van der Waals surface area contributed by atoms with E-state index in [0.29, 0.717) is 0 Å². The van der Waals surface area contributed by atoms with Crippen molar-refractivity contribution in [2.45, 2.75) is 6.18 Å². The first-order valence-corrected chi connectivity index (χ1v) is 5.82. The normalized spacial score (nSPS) is 11.2. The molecule has 2 N–H and O–H groups in total. The molecule has 6 nitrogen and oxygen atoms in total. The molecule has 0 radical (unpaired) electrons. The lowest BCUT2D eigenvalue weighted by molar-refractivity contribution is -0.385. The third-order valence-electron chi connectivity index (χ3n) is 2.84. The Bertz CT molecular complexity index is 760. The van der Waals surface area contributed by atoms with Crippen LogP contribution >= 0.6 is 0 Å². The monoisotopic (exact) mass is 311 g/mol. The van der Waals surface area contributed by atoms with Crippen molar-refractivity contribution in [1.82, 2.24) is 4.98 Å². The summed E-state index contributed by atoms with van der Waals surface area (Å²) in [5.41, 5.74) is 3.13. The van der Waals surface area contributed by atoms with E-state index >= 15 is 0 Å². The highest BCUT2D eigenvalue weighted by Gasteiger charge is 2.31. The van der Waals surface area contributed by atoms with Crippen molar-refractivity contribution in [3.05, 3.63) is 57.8 Å². The van der Waals surface area contributed by atoms with Gasteiger partial charge < -0.3 is 5.73 Å². The maximum absolute atomic E-state index is 12.7. The summed E-state index contributed by atoms with van der Waals surface area (Å²) >= 11 is 0. The number of nitrogens with zero attached hydrogens (tertiary/aromatic N) is 2. The molecule has 1 amide bonds. The Morgan fingerprint density at radius 3 is 2.45 bits per heavy atom. The number of carbonyl (C=O) groups excluding carboxylic acids is 1. The number of amides is 1. The van der Waals surface area contributed by atoms with Gasteiger partial charge in [-0.2, -0.15) is 13.2 Å². The van der Waals surface area contributed by atoms with Crippen molar-refractivity contribution >= 4 is 11.6 Å². The van der Waals surface area contributed by atoms with Gasteiger partial charge in [-0.1, -0.05) is 6.07 Å². The molecule has 2 rings (SSSR count). The lowest BCUT2D eigenvalue weighted by atomic mass is 10.0. The number of carbonyl (C=O) groups is 1. The average Bonchev–Trinajstić information content (AvgIpc) is 2.45. The van der Waals surface area contributed by atoms with Gasteiger partial charge >= 0.3 is 6.18 Å². The molecule has 0 saturated carbocycles. The minimum Gasteiger partial charge on any atom is -0.365 e. The van der Waals surface area contributed by atoms with Crippen LogP contribution in [0.25, 0.3) is 11.3 Å². The number of aromatic nitrogens is 1. The Balaban J connectivity index is 2.57. The van der Waals surface area contributed by atoms with Gasteiger partial charge in [-0.3, -0.25) is 19.9 Å². The van der Waals surface area contributed by atoms with Crippen LogP contribution in [-0.4, -0.2) is 15.8 Å². The van der Waals surface area contributed by atoms with Crippen LogP contribution < -0.4 is 5.73 Å². The summed E-state index contributed by atoms with van der Waals surface area (Å²) in [6.07, 6.45) is -3.61. The molecule has 22 heavy (non-hydrogen) atoms. The fraction of sp³-hybridized carbons (Fsp3) is 0.0769. The second kappa shape index (κ2) is 5.43. The second-order valence-electron chi connectivity index (χ2n) is 4.28. The molecule has 1 heterocycles.